The monoisotopic (exact) mass is 296 g/mol. The summed E-state index contributed by atoms with van der Waals surface area (Å²) < 4.78 is 14.4. The first kappa shape index (κ1) is 11.9. The molecular formula is C12H10BrFN2O. The number of halogens is 2. The summed E-state index contributed by atoms with van der Waals surface area (Å²) in [5.41, 5.74) is 6.08. The lowest BCUT2D eigenvalue weighted by Crippen LogP contribution is -2.26. The molecule has 0 aliphatic carbocycles. The fourth-order valence-electron chi connectivity index (χ4n) is 1.91. The van der Waals surface area contributed by atoms with Crippen molar-refractivity contribution in [3.05, 3.63) is 22.4 Å². The van der Waals surface area contributed by atoms with Crippen molar-refractivity contribution in [1.82, 2.24) is 0 Å². The van der Waals surface area contributed by atoms with Gasteiger partial charge in [-0.2, -0.15) is 0 Å². The number of terminal acetylenes is 1. The van der Waals surface area contributed by atoms with Gasteiger partial charge in [-0.25, -0.2) is 4.39 Å². The maximum absolute atomic E-state index is 13.8. The minimum atomic E-state index is -0.525. The number of hydrogen-bond acceptors (Lipinski definition) is 2. The summed E-state index contributed by atoms with van der Waals surface area (Å²) in [7, 11) is 0. The van der Waals surface area contributed by atoms with Gasteiger partial charge in [0.05, 0.1) is 5.69 Å². The Morgan fingerprint density at radius 1 is 1.59 bits per heavy atom. The summed E-state index contributed by atoms with van der Waals surface area (Å²) in [5.74, 6) is 1.61. The molecule has 1 unspecified atom stereocenters. The molecule has 88 valence electrons. The number of nitrogen functional groups attached to an aromatic ring is 1. The Bertz CT molecular complexity index is 501. The summed E-state index contributed by atoms with van der Waals surface area (Å²) in [6, 6.07) is 2.84. The molecule has 1 amide bonds. The van der Waals surface area contributed by atoms with Gasteiger partial charge in [-0.05, 0) is 12.1 Å². The normalized spacial score (nSPS) is 19.5. The number of nitrogens with two attached hydrogens (primary N) is 1. The van der Waals surface area contributed by atoms with Gasteiger partial charge < -0.3 is 10.6 Å². The second-order valence-electron chi connectivity index (χ2n) is 3.90. The van der Waals surface area contributed by atoms with Crippen molar-refractivity contribution in [2.24, 2.45) is 5.92 Å². The smallest absolute Gasteiger partial charge is 0.228 e. The van der Waals surface area contributed by atoms with Gasteiger partial charge in [0.2, 0.25) is 5.91 Å². The highest BCUT2D eigenvalue weighted by Gasteiger charge is 2.32. The third-order valence-corrected chi connectivity index (χ3v) is 3.15. The van der Waals surface area contributed by atoms with Crippen molar-refractivity contribution in [3.8, 4) is 12.3 Å². The first-order valence-corrected chi connectivity index (χ1v) is 5.83. The van der Waals surface area contributed by atoms with Crippen LogP contribution in [0.15, 0.2) is 16.6 Å². The molecule has 2 N–H and O–H groups in total. The molecule has 2 rings (SSSR count). The van der Waals surface area contributed by atoms with Gasteiger partial charge in [-0.1, -0.05) is 15.9 Å². The van der Waals surface area contributed by atoms with E-state index in [0.29, 0.717) is 11.0 Å². The molecule has 0 saturated carbocycles. The van der Waals surface area contributed by atoms with Crippen molar-refractivity contribution in [2.75, 3.05) is 17.2 Å². The van der Waals surface area contributed by atoms with E-state index in [9.17, 15) is 9.18 Å². The minimum Gasteiger partial charge on any atom is -0.397 e. The number of anilines is 2. The lowest BCUT2D eigenvalue weighted by atomic mass is 10.1. The highest BCUT2D eigenvalue weighted by molar-refractivity contribution is 9.10. The van der Waals surface area contributed by atoms with Crippen LogP contribution in [-0.2, 0) is 4.79 Å². The van der Waals surface area contributed by atoms with E-state index in [2.05, 4.69) is 21.9 Å². The van der Waals surface area contributed by atoms with Crippen LogP contribution in [0.2, 0.25) is 0 Å². The SMILES string of the molecule is C#CC1CC(=O)N(c2c(N)cc(Br)cc2F)C1. The van der Waals surface area contributed by atoms with Gasteiger partial charge in [0.1, 0.15) is 11.5 Å². The second kappa shape index (κ2) is 4.38. The second-order valence-corrected chi connectivity index (χ2v) is 4.81. The quantitative estimate of drug-likeness (QED) is 0.638. The Hall–Kier alpha value is -1.54. The Labute approximate surface area is 107 Å². The van der Waals surface area contributed by atoms with Crippen LogP contribution in [0.1, 0.15) is 6.42 Å². The summed E-state index contributed by atoms with van der Waals surface area (Å²) in [5, 5.41) is 0. The van der Waals surface area contributed by atoms with E-state index in [1.807, 2.05) is 0 Å². The third-order valence-electron chi connectivity index (χ3n) is 2.69. The molecule has 1 saturated heterocycles. The Morgan fingerprint density at radius 2 is 2.29 bits per heavy atom. The van der Waals surface area contributed by atoms with Crippen LogP contribution >= 0.6 is 15.9 Å². The van der Waals surface area contributed by atoms with Gasteiger partial charge in [-0.15, -0.1) is 12.3 Å². The zero-order valence-electron chi connectivity index (χ0n) is 8.91. The van der Waals surface area contributed by atoms with Crippen LogP contribution in [0.4, 0.5) is 15.8 Å². The molecule has 1 aromatic carbocycles. The number of amides is 1. The van der Waals surface area contributed by atoms with Crippen LogP contribution in [0.25, 0.3) is 0 Å². The summed E-state index contributed by atoms with van der Waals surface area (Å²) in [6.07, 6.45) is 5.52. The maximum atomic E-state index is 13.8. The molecule has 1 aliphatic rings. The van der Waals surface area contributed by atoms with Gasteiger partial charge >= 0.3 is 0 Å². The Balaban J connectivity index is 2.42. The van der Waals surface area contributed by atoms with Crippen molar-refractivity contribution >= 4 is 33.2 Å². The molecule has 1 heterocycles. The molecule has 17 heavy (non-hydrogen) atoms. The molecule has 1 fully saturated rings. The molecule has 0 radical (unpaired) electrons. The maximum Gasteiger partial charge on any atom is 0.228 e. The molecule has 1 aromatic rings. The van der Waals surface area contributed by atoms with E-state index in [0.717, 1.165) is 0 Å². The Morgan fingerprint density at radius 3 is 2.82 bits per heavy atom. The van der Waals surface area contributed by atoms with Gasteiger partial charge in [0.25, 0.3) is 0 Å². The van der Waals surface area contributed by atoms with E-state index < -0.39 is 5.82 Å². The fourth-order valence-corrected chi connectivity index (χ4v) is 2.35. The van der Waals surface area contributed by atoms with E-state index in [4.69, 9.17) is 12.2 Å². The summed E-state index contributed by atoms with van der Waals surface area (Å²) >= 11 is 3.14. The third kappa shape index (κ3) is 2.13. The predicted octanol–water partition coefficient (Wildman–Crippen LogP) is 2.16. The zero-order valence-corrected chi connectivity index (χ0v) is 10.5. The topological polar surface area (TPSA) is 46.3 Å². The highest BCUT2D eigenvalue weighted by Crippen LogP contribution is 2.34. The first-order chi connectivity index (χ1) is 8.02. The van der Waals surface area contributed by atoms with E-state index in [1.54, 1.807) is 6.07 Å². The fraction of sp³-hybridized carbons (Fsp3) is 0.250. The van der Waals surface area contributed by atoms with E-state index >= 15 is 0 Å². The molecule has 0 aromatic heterocycles. The van der Waals surface area contributed by atoms with Crippen molar-refractivity contribution in [1.29, 1.82) is 0 Å². The lowest BCUT2D eigenvalue weighted by Gasteiger charge is -2.19. The zero-order chi connectivity index (χ0) is 12.6. The number of nitrogens with zero attached hydrogens (tertiary/aromatic N) is 1. The van der Waals surface area contributed by atoms with Crippen LogP contribution in [-0.4, -0.2) is 12.5 Å². The largest absolute Gasteiger partial charge is 0.397 e. The van der Waals surface area contributed by atoms with Crippen LogP contribution in [0.3, 0.4) is 0 Å². The first-order valence-electron chi connectivity index (χ1n) is 5.04. The van der Waals surface area contributed by atoms with Gasteiger partial charge in [0.15, 0.2) is 0 Å². The molecule has 0 spiro atoms. The highest BCUT2D eigenvalue weighted by atomic mass is 79.9. The van der Waals surface area contributed by atoms with Crippen molar-refractivity contribution < 1.29 is 9.18 Å². The standard InChI is InChI=1S/C12H10BrFN2O/c1-2-7-3-11(17)16(6-7)12-9(14)4-8(13)5-10(12)15/h1,4-5,7H,3,6,15H2. The number of hydrogen-bond donors (Lipinski definition) is 1. The minimum absolute atomic E-state index is 0.121. The lowest BCUT2D eigenvalue weighted by molar-refractivity contribution is -0.117. The number of rotatable bonds is 1. The average Bonchev–Trinajstić information content (AvgIpc) is 2.59. The van der Waals surface area contributed by atoms with Crippen LogP contribution < -0.4 is 10.6 Å². The van der Waals surface area contributed by atoms with Crippen molar-refractivity contribution in [2.45, 2.75) is 6.42 Å². The Kier molecular flexibility index (Phi) is 3.07. The van der Waals surface area contributed by atoms with Gasteiger partial charge in [0, 0.05) is 23.4 Å². The van der Waals surface area contributed by atoms with Gasteiger partial charge in [-0.3, -0.25) is 4.79 Å². The molecular weight excluding hydrogens is 287 g/mol. The molecule has 5 heteroatoms. The van der Waals surface area contributed by atoms with Crippen LogP contribution in [0, 0.1) is 24.1 Å². The molecule has 3 nitrogen and oxygen atoms in total. The van der Waals surface area contributed by atoms with Crippen molar-refractivity contribution in [3.63, 3.8) is 0 Å². The molecule has 1 atom stereocenters. The summed E-state index contributed by atoms with van der Waals surface area (Å²) in [6.45, 7) is 0.318. The van der Waals surface area contributed by atoms with E-state index in [-0.39, 0.29) is 29.6 Å². The summed E-state index contributed by atoms with van der Waals surface area (Å²) in [4.78, 5) is 13.1. The number of benzene rings is 1. The van der Waals surface area contributed by atoms with Crippen LogP contribution in [0.5, 0.6) is 0 Å². The predicted molar refractivity (Wildman–Crippen MR) is 67.8 cm³/mol. The number of carbonyl (C=O) groups is 1. The number of carbonyl (C=O) groups excluding carboxylic acids is 1. The molecule has 0 bridgehead atoms. The molecule has 1 aliphatic heterocycles. The average molecular weight is 297 g/mol. The van der Waals surface area contributed by atoms with E-state index in [1.165, 1.54) is 11.0 Å².